The van der Waals surface area contributed by atoms with Gasteiger partial charge in [0.25, 0.3) is 0 Å². The van der Waals surface area contributed by atoms with Crippen LogP contribution in [0.2, 0.25) is 0 Å². The van der Waals surface area contributed by atoms with E-state index in [1.54, 1.807) is 0 Å². The average Bonchev–Trinajstić information content (AvgIpc) is 1.88. The summed E-state index contributed by atoms with van der Waals surface area (Å²) in [5.41, 5.74) is 6.20. The van der Waals surface area contributed by atoms with Crippen molar-refractivity contribution in [1.82, 2.24) is 0 Å². The van der Waals surface area contributed by atoms with E-state index < -0.39 is 0 Å². The van der Waals surface area contributed by atoms with E-state index in [9.17, 15) is 4.79 Å². The van der Waals surface area contributed by atoms with Crippen LogP contribution in [0.5, 0.6) is 0 Å². The lowest BCUT2D eigenvalue weighted by molar-refractivity contribution is -0.114. The van der Waals surface area contributed by atoms with E-state index in [1.807, 2.05) is 13.8 Å². The molecule has 0 spiro atoms. The zero-order valence-electron chi connectivity index (χ0n) is 6.68. The van der Waals surface area contributed by atoms with Crippen LogP contribution in [-0.4, -0.2) is 5.78 Å². The first-order valence-corrected chi connectivity index (χ1v) is 3.69. The molecule has 0 aliphatic carbocycles. The Morgan fingerprint density at radius 3 is 2.50 bits per heavy atom. The molecule has 0 bridgehead atoms. The fraction of sp³-hybridized carbons (Fsp3) is 0.625. The number of carbonyl (C=O) groups is 1. The molecule has 2 nitrogen and oxygen atoms in total. The minimum atomic E-state index is 0.117. The zero-order chi connectivity index (χ0) is 7.98. The van der Waals surface area contributed by atoms with Crippen LogP contribution in [0.1, 0.15) is 33.1 Å². The van der Waals surface area contributed by atoms with Gasteiger partial charge in [0.1, 0.15) is 0 Å². The fourth-order valence-corrected chi connectivity index (χ4v) is 0.670. The maximum atomic E-state index is 10.7. The monoisotopic (exact) mass is 141 g/mol. The molecule has 0 atom stereocenters. The number of hydrogen-bond acceptors (Lipinski definition) is 2. The van der Waals surface area contributed by atoms with E-state index in [1.165, 1.54) is 6.08 Å². The highest BCUT2D eigenvalue weighted by Gasteiger charge is 1.93. The number of nitrogens with two attached hydrogens (primary N) is 1. The van der Waals surface area contributed by atoms with Crippen molar-refractivity contribution < 1.29 is 4.79 Å². The highest BCUT2D eigenvalue weighted by atomic mass is 16.1. The van der Waals surface area contributed by atoms with E-state index in [0.717, 1.165) is 12.8 Å². The summed E-state index contributed by atoms with van der Waals surface area (Å²) in [7, 11) is 0. The molecule has 0 saturated heterocycles. The average molecular weight is 141 g/mol. The molecule has 0 fully saturated rings. The van der Waals surface area contributed by atoms with Crippen molar-refractivity contribution in [3.8, 4) is 0 Å². The minimum Gasteiger partial charge on any atom is -0.402 e. The standard InChI is InChI=1S/C8H15NO/c1-3-5-7(9)6-8(10)4-2/h6H,3-5,9H2,1-2H3. The highest BCUT2D eigenvalue weighted by molar-refractivity contribution is 5.89. The Hall–Kier alpha value is -0.790. The Morgan fingerprint density at radius 1 is 1.50 bits per heavy atom. The van der Waals surface area contributed by atoms with Crippen LogP contribution in [0.25, 0.3) is 0 Å². The molecular weight excluding hydrogens is 126 g/mol. The van der Waals surface area contributed by atoms with Gasteiger partial charge in [-0.1, -0.05) is 20.3 Å². The van der Waals surface area contributed by atoms with E-state index in [-0.39, 0.29) is 5.78 Å². The molecule has 0 aliphatic heterocycles. The van der Waals surface area contributed by atoms with Gasteiger partial charge >= 0.3 is 0 Å². The third-order valence-corrected chi connectivity index (χ3v) is 1.23. The Morgan fingerprint density at radius 2 is 2.10 bits per heavy atom. The molecule has 0 aromatic rings. The van der Waals surface area contributed by atoms with Crippen LogP contribution in [0.15, 0.2) is 11.8 Å². The van der Waals surface area contributed by atoms with Gasteiger partial charge < -0.3 is 5.73 Å². The molecule has 0 aliphatic rings. The van der Waals surface area contributed by atoms with Crippen LogP contribution in [-0.2, 0) is 4.79 Å². The first kappa shape index (κ1) is 9.21. The summed E-state index contributed by atoms with van der Waals surface area (Å²) in [6.07, 6.45) is 3.90. The maximum Gasteiger partial charge on any atom is 0.157 e. The zero-order valence-corrected chi connectivity index (χ0v) is 6.68. The number of hydrogen-bond donors (Lipinski definition) is 1. The van der Waals surface area contributed by atoms with Crippen LogP contribution in [0.4, 0.5) is 0 Å². The van der Waals surface area contributed by atoms with E-state index in [2.05, 4.69) is 0 Å². The smallest absolute Gasteiger partial charge is 0.157 e. The minimum absolute atomic E-state index is 0.117. The third-order valence-electron chi connectivity index (χ3n) is 1.23. The van der Waals surface area contributed by atoms with Crippen molar-refractivity contribution in [3.05, 3.63) is 11.8 Å². The summed E-state index contributed by atoms with van der Waals surface area (Å²) >= 11 is 0. The van der Waals surface area contributed by atoms with Gasteiger partial charge in [-0.05, 0) is 12.5 Å². The molecule has 0 rings (SSSR count). The predicted octanol–water partition coefficient (Wildman–Crippen LogP) is 1.61. The first-order valence-electron chi connectivity index (χ1n) is 3.69. The number of carbonyl (C=O) groups excluding carboxylic acids is 1. The van der Waals surface area contributed by atoms with Crippen molar-refractivity contribution in [2.24, 2.45) is 5.73 Å². The Kier molecular flexibility index (Phi) is 4.63. The second-order valence-corrected chi connectivity index (χ2v) is 2.29. The van der Waals surface area contributed by atoms with Gasteiger partial charge in [-0.3, -0.25) is 4.79 Å². The summed E-state index contributed by atoms with van der Waals surface area (Å²) in [5, 5.41) is 0. The molecule has 2 N–H and O–H groups in total. The van der Waals surface area contributed by atoms with Gasteiger partial charge in [-0.2, -0.15) is 0 Å². The molecule has 58 valence electrons. The molecule has 0 amide bonds. The van der Waals surface area contributed by atoms with E-state index in [4.69, 9.17) is 5.73 Å². The van der Waals surface area contributed by atoms with Gasteiger partial charge in [0, 0.05) is 12.1 Å². The highest BCUT2D eigenvalue weighted by Crippen LogP contribution is 1.97. The van der Waals surface area contributed by atoms with Crippen LogP contribution >= 0.6 is 0 Å². The van der Waals surface area contributed by atoms with Crippen LogP contribution in [0.3, 0.4) is 0 Å². The van der Waals surface area contributed by atoms with Gasteiger partial charge in [-0.15, -0.1) is 0 Å². The lowest BCUT2D eigenvalue weighted by Gasteiger charge is -1.95. The molecule has 0 unspecified atom stereocenters. The van der Waals surface area contributed by atoms with Crippen LogP contribution < -0.4 is 5.73 Å². The lowest BCUT2D eigenvalue weighted by atomic mass is 10.2. The summed E-state index contributed by atoms with van der Waals surface area (Å²) in [6.45, 7) is 3.87. The molecular formula is C8H15NO. The van der Waals surface area contributed by atoms with Crippen molar-refractivity contribution in [2.45, 2.75) is 33.1 Å². The number of allylic oxidation sites excluding steroid dienone is 2. The Balaban J connectivity index is 3.77. The molecule has 0 saturated carbocycles. The largest absolute Gasteiger partial charge is 0.402 e. The van der Waals surface area contributed by atoms with Crippen molar-refractivity contribution in [3.63, 3.8) is 0 Å². The SMILES string of the molecule is CCCC(N)=CC(=O)CC. The fourth-order valence-electron chi connectivity index (χ4n) is 0.670. The van der Waals surface area contributed by atoms with Crippen molar-refractivity contribution in [1.29, 1.82) is 0 Å². The summed E-state index contributed by atoms with van der Waals surface area (Å²) < 4.78 is 0. The van der Waals surface area contributed by atoms with Gasteiger partial charge in [0.15, 0.2) is 5.78 Å². The van der Waals surface area contributed by atoms with Gasteiger partial charge in [0.2, 0.25) is 0 Å². The lowest BCUT2D eigenvalue weighted by Crippen LogP contribution is -2.00. The molecule has 10 heavy (non-hydrogen) atoms. The Labute approximate surface area is 62.1 Å². The maximum absolute atomic E-state index is 10.7. The van der Waals surface area contributed by atoms with Gasteiger partial charge in [-0.25, -0.2) is 0 Å². The molecule has 0 aromatic heterocycles. The van der Waals surface area contributed by atoms with Crippen LogP contribution in [0, 0.1) is 0 Å². The van der Waals surface area contributed by atoms with Gasteiger partial charge in [0.05, 0.1) is 0 Å². The van der Waals surface area contributed by atoms with Crippen molar-refractivity contribution >= 4 is 5.78 Å². The topological polar surface area (TPSA) is 43.1 Å². The second-order valence-electron chi connectivity index (χ2n) is 2.29. The number of rotatable bonds is 4. The van der Waals surface area contributed by atoms with E-state index in [0.29, 0.717) is 12.1 Å². The predicted molar refractivity (Wildman–Crippen MR) is 42.5 cm³/mol. The Bertz CT molecular complexity index is 138. The second kappa shape index (κ2) is 5.03. The molecule has 2 heteroatoms. The molecule has 0 heterocycles. The first-order chi connectivity index (χ1) is 4.70. The molecule has 0 radical (unpaired) electrons. The summed E-state index contributed by atoms with van der Waals surface area (Å²) in [4.78, 5) is 10.7. The summed E-state index contributed by atoms with van der Waals surface area (Å²) in [6, 6.07) is 0. The van der Waals surface area contributed by atoms with Crippen molar-refractivity contribution in [2.75, 3.05) is 0 Å². The molecule has 0 aromatic carbocycles. The quantitative estimate of drug-likeness (QED) is 0.604. The number of ketones is 1. The van der Waals surface area contributed by atoms with E-state index >= 15 is 0 Å². The normalized spacial score (nSPS) is 11.6. The summed E-state index contributed by atoms with van der Waals surface area (Å²) in [5.74, 6) is 0.117. The third kappa shape index (κ3) is 4.13.